The number of Topliss-reactive ketones (excluding diaryl/α,β-unsaturated/α-hetero) is 1. The number of carbonyl (C=O) groups excluding carboxylic acids is 1. The number of carbonyl (C=O) groups is 1. The lowest BCUT2D eigenvalue weighted by molar-refractivity contribution is -0.120. The first-order valence-corrected chi connectivity index (χ1v) is 4.07. The summed E-state index contributed by atoms with van der Waals surface area (Å²) in [6, 6.07) is 0. The molecule has 0 spiro atoms. The number of ketones is 1. The van der Waals surface area contributed by atoms with Crippen molar-refractivity contribution in [3.8, 4) is 0 Å². The average Bonchev–Trinajstić information content (AvgIpc) is 2.03. The van der Waals surface area contributed by atoms with Gasteiger partial charge in [0.2, 0.25) is 0 Å². The van der Waals surface area contributed by atoms with E-state index in [-0.39, 0.29) is 5.92 Å². The molecule has 0 N–H and O–H groups in total. The molecule has 10 heavy (non-hydrogen) atoms. The second kappa shape index (κ2) is 1.94. The second-order valence-corrected chi connectivity index (χ2v) is 3.30. The number of hydrogen-bond donors (Lipinski definition) is 0. The van der Waals surface area contributed by atoms with Crippen LogP contribution in [-0.4, -0.2) is 5.78 Å². The highest BCUT2D eigenvalue weighted by molar-refractivity contribution is 6.06. The van der Waals surface area contributed by atoms with Crippen molar-refractivity contribution in [1.82, 2.24) is 0 Å². The summed E-state index contributed by atoms with van der Waals surface area (Å²) >= 11 is 0. The predicted octanol–water partition coefficient (Wildman–Crippen LogP) is 2.08. The van der Waals surface area contributed by atoms with Crippen LogP contribution in [0, 0.1) is 5.92 Å². The monoisotopic (exact) mass is 136 g/mol. The minimum Gasteiger partial charge on any atom is -0.294 e. The van der Waals surface area contributed by atoms with E-state index in [0.717, 1.165) is 6.42 Å². The first kappa shape index (κ1) is 6.14. The van der Waals surface area contributed by atoms with Gasteiger partial charge in [-0.2, -0.15) is 0 Å². The summed E-state index contributed by atoms with van der Waals surface area (Å²) in [5.74, 6) is 0.713. The van der Waals surface area contributed by atoms with E-state index < -0.39 is 0 Å². The van der Waals surface area contributed by atoms with Gasteiger partial charge in [-0.15, -0.1) is 0 Å². The van der Waals surface area contributed by atoms with Gasteiger partial charge in [0.25, 0.3) is 0 Å². The zero-order valence-electron chi connectivity index (χ0n) is 6.31. The minimum atomic E-state index is 0.287. The molecule has 2 aliphatic carbocycles. The van der Waals surface area contributed by atoms with Gasteiger partial charge in [0.1, 0.15) is 0 Å². The topological polar surface area (TPSA) is 17.1 Å². The maximum Gasteiger partial charge on any atom is 0.165 e. The second-order valence-electron chi connectivity index (χ2n) is 3.30. The van der Waals surface area contributed by atoms with Crippen LogP contribution in [0.1, 0.15) is 32.6 Å². The van der Waals surface area contributed by atoms with Gasteiger partial charge < -0.3 is 0 Å². The third-order valence-corrected chi connectivity index (χ3v) is 2.72. The highest BCUT2D eigenvalue weighted by atomic mass is 16.1. The van der Waals surface area contributed by atoms with Crippen molar-refractivity contribution in [2.45, 2.75) is 32.6 Å². The zero-order chi connectivity index (χ0) is 7.14. The molecule has 0 aliphatic heterocycles. The molecule has 1 atom stereocenters. The molecule has 0 aromatic carbocycles. The van der Waals surface area contributed by atoms with Gasteiger partial charge in [-0.25, -0.2) is 0 Å². The standard InChI is InChI=1S/C9H12O/c1-6-7-4-2-3-5-8(7)9(6)10/h6H,2-5H2,1H3. The summed E-state index contributed by atoms with van der Waals surface area (Å²) < 4.78 is 0. The summed E-state index contributed by atoms with van der Waals surface area (Å²) in [6.45, 7) is 2.03. The molecule has 0 amide bonds. The number of hydrogen-bond acceptors (Lipinski definition) is 1. The molecule has 2 rings (SSSR count). The molecule has 0 radical (unpaired) electrons. The maximum atomic E-state index is 11.1. The van der Waals surface area contributed by atoms with Crippen LogP contribution in [0.2, 0.25) is 0 Å². The fraction of sp³-hybridized carbons (Fsp3) is 0.667. The van der Waals surface area contributed by atoms with E-state index in [1.165, 1.54) is 30.4 Å². The normalized spacial score (nSPS) is 31.7. The van der Waals surface area contributed by atoms with Gasteiger partial charge in [-0.1, -0.05) is 12.5 Å². The SMILES string of the molecule is CC1C(=O)C2=C1CCCC2. The Bertz CT molecular complexity index is 213. The molecular weight excluding hydrogens is 124 g/mol. The Labute approximate surface area is 61.1 Å². The van der Waals surface area contributed by atoms with Gasteiger partial charge in [-0.05, 0) is 31.3 Å². The van der Waals surface area contributed by atoms with Gasteiger partial charge in [-0.3, -0.25) is 4.79 Å². The van der Waals surface area contributed by atoms with Crippen LogP contribution in [0.3, 0.4) is 0 Å². The van der Waals surface area contributed by atoms with Crippen LogP contribution in [0.25, 0.3) is 0 Å². The van der Waals surface area contributed by atoms with Crippen LogP contribution in [0.15, 0.2) is 11.1 Å². The highest BCUT2D eigenvalue weighted by Crippen LogP contribution is 2.40. The van der Waals surface area contributed by atoms with Crippen LogP contribution in [0.4, 0.5) is 0 Å². The fourth-order valence-electron chi connectivity index (χ4n) is 2.03. The van der Waals surface area contributed by atoms with Crippen molar-refractivity contribution in [2.24, 2.45) is 5.92 Å². The van der Waals surface area contributed by atoms with E-state index in [1.807, 2.05) is 6.92 Å². The van der Waals surface area contributed by atoms with E-state index >= 15 is 0 Å². The van der Waals surface area contributed by atoms with Crippen LogP contribution in [-0.2, 0) is 4.79 Å². The van der Waals surface area contributed by atoms with Crippen molar-refractivity contribution in [3.63, 3.8) is 0 Å². The third-order valence-electron chi connectivity index (χ3n) is 2.72. The minimum absolute atomic E-state index is 0.287. The van der Waals surface area contributed by atoms with E-state index in [2.05, 4.69) is 0 Å². The summed E-state index contributed by atoms with van der Waals surface area (Å²) in [7, 11) is 0. The molecule has 0 aromatic heterocycles. The van der Waals surface area contributed by atoms with Gasteiger partial charge in [0.15, 0.2) is 5.78 Å². The van der Waals surface area contributed by atoms with Crippen molar-refractivity contribution in [1.29, 1.82) is 0 Å². The Morgan fingerprint density at radius 1 is 1.30 bits per heavy atom. The largest absolute Gasteiger partial charge is 0.294 e. The smallest absolute Gasteiger partial charge is 0.165 e. The fourth-order valence-corrected chi connectivity index (χ4v) is 2.03. The van der Waals surface area contributed by atoms with Crippen LogP contribution < -0.4 is 0 Å². The Kier molecular flexibility index (Phi) is 1.19. The van der Waals surface area contributed by atoms with Gasteiger partial charge >= 0.3 is 0 Å². The lowest BCUT2D eigenvalue weighted by Gasteiger charge is -2.32. The summed E-state index contributed by atoms with van der Waals surface area (Å²) in [5.41, 5.74) is 2.65. The van der Waals surface area contributed by atoms with E-state index in [4.69, 9.17) is 0 Å². The molecule has 2 aliphatic rings. The lowest BCUT2D eigenvalue weighted by atomic mass is 9.70. The summed E-state index contributed by atoms with van der Waals surface area (Å²) in [4.78, 5) is 11.1. The lowest BCUT2D eigenvalue weighted by Crippen LogP contribution is -2.30. The van der Waals surface area contributed by atoms with Crippen molar-refractivity contribution < 1.29 is 4.79 Å². The molecule has 0 aromatic rings. The average molecular weight is 136 g/mol. The highest BCUT2D eigenvalue weighted by Gasteiger charge is 2.35. The molecule has 54 valence electrons. The van der Waals surface area contributed by atoms with Crippen molar-refractivity contribution >= 4 is 5.78 Å². The molecule has 1 nitrogen and oxygen atoms in total. The Morgan fingerprint density at radius 2 is 2.00 bits per heavy atom. The first-order valence-electron chi connectivity index (χ1n) is 4.07. The Balaban J connectivity index is 2.30. The van der Waals surface area contributed by atoms with Crippen LogP contribution in [0.5, 0.6) is 0 Å². The van der Waals surface area contributed by atoms with Gasteiger partial charge in [0, 0.05) is 5.92 Å². The first-order chi connectivity index (χ1) is 4.80. The maximum absolute atomic E-state index is 11.1. The zero-order valence-corrected chi connectivity index (χ0v) is 6.31. The Morgan fingerprint density at radius 3 is 2.70 bits per heavy atom. The third kappa shape index (κ3) is 0.606. The van der Waals surface area contributed by atoms with E-state index in [1.54, 1.807) is 0 Å². The molecule has 0 saturated carbocycles. The summed E-state index contributed by atoms with van der Waals surface area (Å²) in [5, 5.41) is 0. The Hall–Kier alpha value is -0.590. The quantitative estimate of drug-likeness (QED) is 0.498. The van der Waals surface area contributed by atoms with Crippen molar-refractivity contribution in [2.75, 3.05) is 0 Å². The summed E-state index contributed by atoms with van der Waals surface area (Å²) in [6.07, 6.45) is 4.80. The molecule has 0 heterocycles. The van der Waals surface area contributed by atoms with E-state index in [0.29, 0.717) is 5.78 Å². The number of allylic oxidation sites excluding steroid dienone is 2. The van der Waals surface area contributed by atoms with Crippen molar-refractivity contribution in [3.05, 3.63) is 11.1 Å². The van der Waals surface area contributed by atoms with Gasteiger partial charge in [0.05, 0.1) is 0 Å². The molecule has 1 unspecified atom stereocenters. The predicted molar refractivity (Wildman–Crippen MR) is 39.7 cm³/mol. The van der Waals surface area contributed by atoms with E-state index in [9.17, 15) is 4.79 Å². The molecule has 1 heteroatoms. The molecular formula is C9H12O. The molecule has 0 bridgehead atoms. The molecule has 0 fully saturated rings. The molecule has 0 saturated heterocycles. The number of rotatable bonds is 0. The van der Waals surface area contributed by atoms with Crippen LogP contribution >= 0.6 is 0 Å².